The van der Waals surface area contributed by atoms with Crippen molar-refractivity contribution >= 4 is 67.2 Å². The molecule has 2 aromatic heterocycles. The van der Waals surface area contributed by atoms with E-state index in [9.17, 15) is 13.2 Å². The number of halogens is 2. The summed E-state index contributed by atoms with van der Waals surface area (Å²) in [5.41, 5.74) is 2.06. The molecule has 2 atom stereocenters. The van der Waals surface area contributed by atoms with E-state index in [0.29, 0.717) is 21.3 Å². The highest BCUT2D eigenvalue weighted by Gasteiger charge is 2.31. The lowest BCUT2D eigenvalue weighted by atomic mass is 10.00. The summed E-state index contributed by atoms with van der Waals surface area (Å²) in [6.45, 7) is 4.49. The van der Waals surface area contributed by atoms with Crippen LogP contribution in [0.15, 0.2) is 65.7 Å². The summed E-state index contributed by atoms with van der Waals surface area (Å²) in [6.07, 6.45) is 2.69. The third kappa shape index (κ3) is 5.85. The van der Waals surface area contributed by atoms with Crippen molar-refractivity contribution in [2.75, 3.05) is 11.9 Å². The largest absolute Gasteiger partial charge is 0.445 e. The molecule has 3 heterocycles. The van der Waals surface area contributed by atoms with Crippen molar-refractivity contribution in [3.8, 4) is 0 Å². The minimum atomic E-state index is -3.92. The molecule has 4 aromatic rings. The summed E-state index contributed by atoms with van der Waals surface area (Å²) in [6, 6.07) is 16.1. The van der Waals surface area contributed by atoms with Crippen molar-refractivity contribution in [2.24, 2.45) is 0 Å². The number of benzene rings is 2. The summed E-state index contributed by atoms with van der Waals surface area (Å²) < 4.78 is 34.3. The Kier molecular flexibility index (Phi) is 8.01. The molecule has 204 valence electrons. The molecule has 0 bridgehead atoms. The van der Waals surface area contributed by atoms with Crippen LogP contribution in [0.3, 0.4) is 0 Å². The lowest BCUT2D eigenvalue weighted by Crippen LogP contribution is -2.49. The molecule has 0 spiro atoms. The molecule has 1 aliphatic rings. The van der Waals surface area contributed by atoms with E-state index in [-0.39, 0.29) is 40.6 Å². The molecule has 12 heteroatoms. The molecule has 0 radical (unpaired) electrons. The Morgan fingerprint density at radius 3 is 2.56 bits per heavy atom. The van der Waals surface area contributed by atoms with Crippen LogP contribution in [0.25, 0.3) is 11.0 Å². The number of anilines is 1. The maximum absolute atomic E-state index is 13.5. The number of carbonyl (C=O) groups is 1. The van der Waals surface area contributed by atoms with Gasteiger partial charge in [0.05, 0.1) is 10.3 Å². The summed E-state index contributed by atoms with van der Waals surface area (Å²) in [4.78, 5) is 23.5. The van der Waals surface area contributed by atoms with Gasteiger partial charge in [-0.25, -0.2) is 22.2 Å². The first kappa shape index (κ1) is 27.7. The van der Waals surface area contributed by atoms with Crippen LogP contribution in [0, 0.1) is 10.5 Å². The van der Waals surface area contributed by atoms with Gasteiger partial charge in [-0.3, -0.25) is 0 Å². The summed E-state index contributed by atoms with van der Waals surface area (Å²) in [5.74, 6) is 0.421. The first-order valence-corrected chi connectivity index (χ1v) is 15.3. The Morgan fingerprint density at radius 1 is 1.13 bits per heavy atom. The summed E-state index contributed by atoms with van der Waals surface area (Å²) in [7, 11) is -3.92. The van der Waals surface area contributed by atoms with Crippen LogP contribution in [0.4, 0.5) is 10.6 Å². The van der Waals surface area contributed by atoms with Crippen molar-refractivity contribution in [2.45, 2.75) is 50.3 Å². The fraction of sp³-hybridized carbons (Fsp3) is 0.296. The van der Waals surface area contributed by atoms with Gasteiger partial charge in [0.2, 0.25) is 5.28 Å². The van der Waals surface area contributed by atoms with Gasteiger partial charge in [-0.15, -0.1) is 0 Å². The topological polar surface area (TPSA) is 106 Å². The number of piperidine rings is 1. The van der Waals surface area contributed by atoms with Gasteiger partial charge >= 0.3 is 6.09 Å². The number of amides is 1. The number of likely N-dealkylation sites (tertiary alicyclic amines) is 1. The Morgan fingerprint density at radius 2 is 1.85 bits per heavy atom. The van der Waals surface area contributed by atoms with Gasteiger partial charge in [-0.1, -0.05) is 48.0 Å². The molecule has 5 rings (SSSR count). The Hall–Kier alpha value is -2.90. The van der Waals surface area contributed by atoms with Crippen molar-refractivity contribution in [1.82, 2.24) is 18.8 Å². The number of fused-ring (bicyclic) bond motifs is 1. The fourth-order valence-electron chi connectivity index (χ4n) is 4.62. The average molecular weight is 680 g/mol. The molecule has 0 unspecified atom stereocenters. The predicted molar refractivity (Wildman–Crippen MR) is 158 cm³/mol. The zero-order chi connectivity index (χ0) is 27.7. The van der Waals surface area contributed by atoms with Crippen LogP contribution in [0.5, 0.6) is 0 Å². The fourth-order valence-corrected chi connectivity index (χ4v) is 7.06. The van der Waals surface area contributed by atoms with Crippen molar-refractivity contribution in [3.05, 3.63) is 80.8 Å². The molecular formula is C27H27ClIN5O4S. The number of rotatable bonds is 6. The van der Waals surface area contributed by atoms with Gasteiger partial charge in [0.15, 0.2) is 5.65 Å². The zero-order valence-electron chi connectivity index (χ0n) is 21.3. The molecule has 1 saturated heterocycles. The van der Waals surface area contributed by atoms with Crippen LogP contribution in [-0.4, -0.2) is 52.0 Å². The van der Waals surface area contributed by atoms with Gasteiger partial charge in [0, 0.05) is 28.4 Å². The van der Waals surface area contributed by atoms with Gasteiger partial charge in [0.1, 0.15) is 12.4 Å². The Labute approximate surface area is 245 Å². The van der Waals surface area contributed by atoms with E-state index < -0.39 is 10.0 Å². The monoisotopic (exact) mass is 679 g/mol. The van der Waals surface area contributed by atoms with Gasteiger partial charge in [-0.05, 0) is 78.6 Å². The quantitative estimate of drug-likeness (QED) is 0.202. The number of aryl methyl sites for hydroxylation is 1. The van der Waals surface area contributed by atoms with E-state index in [2.05, 4.69) is 37.9 Å². The summed E-state index contributed by atoms with van der Waals surface area (Å²) >= 11 is 8.36. The second-order valence-electron chi connectivity index (χ2n) is 9.59. The van der Waals surface area contributed by atoms with E-state index in [1.54, 1.807) is 29.2 Å². The number of ether oxygens (including phenoxy) is 1. The molecule has 2 aromatic carbocycles. The zero-order valence-corrected chi connectivity index (χ0v) is 25.1. The van der Waals surface area contributed by atoms with E-state index in [1.165, 1.54) is 6.20 Å². The lowest BCUT2D eigenvalue weighted by molar-refractivity contribution is 0.0696. The van der Waals surface area contributed by atoms with Gasteiger partial charge in [0.25, 0.3) is 10.0 Å². The number of hydrogen-bond acceptors (Lipinski definition) is 7. The van der Waals surface area contributed by atoms with Crippen LogP contribution in [0.2, 0.25) is 5.28 Å². The summed E-state index contributed by atoms with van der Waals surface area (Å²) in [5, 5.41) is 3.87. The smallest absolute Gasteiger partial charge is 0.410 e. The predicted octanol–water partition coefficient (Wildman–Crippen LogP) is 5.84. The van der Waals surface area contributed by atoms with E-state index in [4.69, 9.17) is 16.3 Å². The van der Waals surface area contributed by atoms with Gasteiger partial charge in [-0.2, -0.15) is 4.98 Å². The Bertz CT molecular complexity index is 1610. The van der Waals surface area contributed by atoms with E-state index >= 15 is 0 Å². The van der Waals surface area contributed by atoms with Crippen molar-refractivity contribution in [3.63, 3.8) is 0 Å². The van der Waals surface area contributed by atoms with Gasteiger partial charge < -0.3 is 15.0 Å². The van der Waals surface area contributed by atoms with Crippen LogP contribution < -0.4 is 5.32 Å². The first-order valence-electron chi connectivity index (χ1n) is 12.4. The molecule has 1 aliphatic heterocycles. The Balaban J connectivity index is 1.39. The van der Waals surface area contributed by atoms with E-state index in [1.807, 2.05) is 44.2 Å². The number of nitrogens with zero attached hydrogens (tertiary/aromatic N) is 4. The molecular weight excluding hydrogens is 653 g/mol. The first-order chi connectivity index (χ1) is 18.6. The second-order valence-corrected chi connectivity index (χ2v) is 12.9. The standard InChI is InChI=1S/C27H27ClIN5O4S/c1-17-8-12-21(13-9-17)39(36,37)34-15-22(29)23-24(31-26(28)32-25(23)34)30-20-11-10-18(2)33(14-20)27(35)38-16-19-6-4-3-5-7-19/h3-9,12-13,15,18,20H,10-11,14,16H2,1-2H3,(H,30,31,32)/t18-,20+/m0/s1. The average Bonchev–Trinajstić information content (AvgIpc) is 3.26. The molecule has 1 amide bonds. The third-order valence-corrected chi connectivity index (χ3v) is 9.43. The molecule has 0 saturated carbocycles. The normalized spacial score (nSPS) is 17.8. The van der Waals surface area contributed by atoms with Crippen molar-refractivity contribution in [1.29, 1.82) is 0 Å². The minimum absolute atomic E-state index is 0.0150. The highest BCUT2D eigenvalue weighted by Crippen LogP contribution is 2.33. The lowest BCUT2D eigenvalue weighted by Gasteiger charge is -2.37. The van der Waals surface area contributed by atoms with E-state index in [0.717, 1.165) is 27.9 Å². The molecule has 9 nitrogen and oxygen atoms in total. The molecule has 1 fully saturated rings. The third-order valence-electron chi connectivity index (χ3n) is 6.78. The van der Waals surface area contributed by atoms with Crippen LogP contribution >= 0.6 is 34.2 Å². The van der Waals surface area contributed by atoms with Crippen LogP contribution in [0.1, 0.15) is 30.9 Å². The molecule has 0 aliphatic carbocycles. The highest BCUT2D eigenvalue weighted by atomic mass is 127. The maximum atomic E-state index is 13.5. The number of hydrogen-bond donors (Lipinski definition) is 1. The molecule has 1 N–H and O–H groups in total. The van der Waals surface area contributed by atoms with Crippen molar-refractivity contribution < 1.29 is 17.9 Å². The number of nitrogens with one attached hydrogen (secondary N) is 1. The SMILES string of the molecule is Cc1ccc(S(=O)(=O)n2cc(I)c3c(N[C@@H]4CC[C@H](C)N(C(=O)OCc5ccccc5)C4)nc(Cl)nc32)cc1. The second kappa shape index (κ2) is 11.3. The number of aromatic nitrogens is 3. The highest BCUT2D eigenvalue weighted by molar-refractivity contribution is 14.1. The maximum Gasteiger partial charge on any atom is 0.410 e. The minimum Gasteiger partial charge on any atom is -0.445 e. The number of carbonyl (C=O) groups excluding carboxylic acids is 1. The molecule has 39 heavy (non-hydrogen) atoms. The van der Waals surface area contributed by atoms with Crippen LogP contribution in [-0.2, 0) is 21.4 Å².